The van der Waals surface area contributed by atoms with E-state index in [1.54, 1.807) is 49.3 Å². The Labute approximate surface area is 187 Å². The molecule has 1 aliphatic heterocycles. The van der Waals surface area contributed by atoms with Crippen LogP contribution in [0.4, 0.5) is 5.69 Å². The fourth-order valence-electron chi connectivity index (χ4n) is 3.61. The SMILES string of the molecule is COC1(c2cccc(Sc3ccc(S(=O)(=O)Nc4cccnc4)cc3)c2)CCOCC1. The van der Waals surface area contributed by atoms with E-state index < -0.39 is 10.0 Å². The van der Waals surface area contributed by atoms with E-state index in [1.165, 1.54) is 6.20 Å². The molecule has 1 fully saturated rings. The van der Waals surface area contributed by atoms with Gasteiger partial charge >= 0.3 is 0 Å². The van der Waals surface area contributed by atoms with Crippen molar-refractivity contribution in [3.63, 3.8) is 0 Å². The smallest absolute Gasteiger partial charge is 0.261 e. The average Bonchev–Trinajstić information content (AvgIpc) is 2.80. The topological polar surface area (TPSA) is 77.5 Å². The van der Waals surface area contributed by atoms with Crippen molar-refractivity contribution in [2.24, 2.45) is 0 Å². The third-order valence-corrected chi connectivity index (χ3v) is 7.73. The lowest BCUT2D eigenvalue weighted by Crippen LogP contribution is -2.35. The number of aromatic nitrogens is 1. The molecule has 0 bridgehead atoms. The summed E-state index contributed by atoms with van der Waals surface area (Å²) in [5, 5.41) is 0. The van der Waals surface area contributed by atoms with Crippen molar-refractivity contribution in [2.75, 3.05) is 25.0 Å². The van der Waals surface area contributed by atoms with Crippen LogP contribution in [-0.2, 0) is 25.1 Å². The van der Waals surface area contributed by atoms with Gasteiger partial charge in [-0.1, -0.05) is 23.9 Å². The molecule has 0 unspecified atom stereocenters. The van der Waals surface area contributed by atoms with Gasteiger partial charge in [0.05, 0.1) is 22.4 Å². The van der Waals surface area contributed by atoms with Crippen LogP contribution < -0.4 is 4.72 Å². The van der Waals surface area contributed by atoms with Crippen molar-refractivity contribution in [3.8, 4) is 0 Å². The van der Waals surface area contributed by atoms with E-state index in [0.717, 1.165) is 28.2 Å². The number of hydrogen-bond acceptors (Lipinski definition) is 6. The first-order valence-electron chi connectivity index (χ1n) is 9.95. The molecule has 1 saturated heterocycles. The molecule has 0 aliphatic carbocycles. The van der Waals surface area contributed by atoms with Crippen LogP contribution in [0.2, 0.25) is 0 Å². The quantitative estimate of drug-likeness (QED) is 0.556. The zero-order valence-corrected chi connectivity index (χ0v) is 18.8. The highest BCUT2D eigenvalue weighted by molar-refractivity contribution is 7.99. The van der Waals surface area contributed by atoms with E-state index in [4.69, 9.17) is 9.47 Å². The van der Waals surface area contributed by atoms with Crippen LogP contribution in [0.1, 0.15) is 18.4 Å². The summed E-state index contributed by atoms with van der Waals surface area (Å²) in [5.41, 5.74) is 1.26. The highest BCUT2D eigenvalue weighted by Gasteiger charge is 2.34. The molecular formula is C23H24N2O4S2. The second kappa shape index (κ2) is 9.40. The van der Waals surface area contributed by atoms with Crippen molar-refractivity contribution >= 4 is 27.5 Å². The number of nitrogens with one attached hydrogen (secondary N) is 1. The number of anilines is 1. The first-order valence-corrected chi connectivity index (χ1v) is 12.2. The summed E-state index contributed by atoms with van der Waals surface area (Å²) in [5.74, 6) is 0. The van der Waals surface area contributed by atoms with E-state index in [2.05, 4.69) is 21.8 Å². The predicted octanol–water partition coefficient (Wildman–Crippen LogP) is 4.69. The Hall–Kier alpha value is -2.39. The summed E-state index contributed by atoms with van der Waals surface area (Å²) in [7, 11) is -1.91. The minimum atomic E-state index is -3.66. The van der Waals surface area contributed by atoms with Crippen LogP contribution in [0.3, 0.4) is 0 Å². The third-order valence-electron chi connectivity index (χ3n) is 5.33. The summed E-state index contributed by atoms with van der Waals surface area (Å²) in [6.45, 7) is 1.38. The number of pyridine rings is 1. The first kappa shape index (κ1) is 21.8. The maximum atomic E-state index is 12.6. The highest BCUT2D eigenvalue weighted by atomic mass is 32.2. The summed E-state index contributed by atoms with van der Waals surface area (Å²) >= 11 is 1.59. The van der Waals surface area contributed by atoms with Gasteiger partial charge < -0.3 is 9.47 Å². The highest BCUT2D eigenvalue weighted by Crippen LogP contribution is 2.38. The molecule has 2 heterocycles. The van der Waals surface area contributed by atoms with Crippen LogP contribution in [0.15, 0.2) is 87.7 Å². The van der Waals surface area contributed by atoms with Crippen LogP contribution in [-0.4, -0.2) is 33.7 Å². The second-order valence-electron chi connectivity index (χ2n) is 7.26. The van der Waals surface area contributed by atoms with Crippen molar-refractivity contribution in [2.45, 2.75) is 33.1 Å². The molecule has 8 heteroatoms. The fourth-order valence-corrected chi connectivity index (χ4v) is 5.54. The molecule has 1 aliphatic rings. The number of sulfonamides is 1. The van der Waals surface area contributed by atoms with Gasteiger partial charge in [0.15, 0.2) is 0 Å². The number of hydrogen-bond donors (Lipinski definition) is 1. The Balaban J connectivity index is 1.49. The van der Waals surface area contributed by atoms with E-state index in [9.17, 15) is 8.42 Å². The predicted molar refractivity (Wildman–Crippen MR) is 121 cm³/mol. The Morgan fingerprint density at radius 3 is 2.48 bits per heavy atom. The molecule has 0 saturated carbocycles. The van der Waals surface area contributed by atoms with Gasteiger partial charge in [0, 0.05) is 49.2 Å². The molecule has 1 N–H and O–H groups in total. The standard InChI is InChI=1S/C23H24N2O4S2/c1-28-23(11-14-29-15-12-23)18-4-2-6-21(16-18)30-20-7-9-22(10-8-20)31(26,27)25-19-5-3-13-24-17-19/h2-10,13,16-17,25H,11-12,14-15H2,1H3. The van der Waals surface area contributed by atoms with Gasteiger partial charge in [-0.2, -0.15) is 0 Å². The van der Waals surface area contributed by atoms with Crippen molar-refractivity contribution < 1.29 is 17.9 Å². The van der Waals surface area contributed by atoms with Gasteiger partial charge in [-0.05, 0) is 54.1 Å². The molecule has 31 heavy (non-hydrogen) atoms. The average molecular weight is 457 g/mol. The lowest BCUT2D eigenvalue weighted by Gasteiger charge is -2.36. The van der Waals surface area contributed by atoms with Crippen molar-refractivity contribution in [1.29, 1.82) is 0 Å². The van der Waals surface area contributed by atoms with Crippen LogP contribution >= 0.6 is 11.8 Å². The van der Waals surface area contributed by atoms with E-state index in [0.29, 0.717) is 18.9 Å². The lowest BCUT2D eigenvalue weighted by molar-refractivity contribution is -0.0948. The third kappa shape index (κ3) is 5.10. The molecule has 0 amide bonds. The Morgan fingerprint density at radius 1 is 1.03 bits per heavy atom. The number of ether oxygens (including phenoxy) is 2. The maximum absolute atomic E-state index is 12.6. The summed E-state index contributed by atoms with van der Waals surface area (Å²) in [4.78, 5) is 6.16. The van der Waals surface area contributed by atoms with Gasteiger partial charge in [-0.3, -0.25) is 9.71 Å². The van der Waals surface area contributed by atoms with E-state index >= 15 is 0 Å². The van der Waals surface area contributed by atoms with Gasteiger partial charge in [0.1, 0.15) is 0 Å². The minimum absolute atomic E-state index is 0.204. The zero-order valence-electron chi connectivity index (χ0n) is 17.2. The lowest BCUT2D eigenvalue weighted by atomic mass is 9.86. The van der Waals surface area contributed by atoms with Crippen molar-refractivity contribution in [1.82, 2.24) is 4.98 Å². The number of rotatable bonds is 7. The second-order valence-corrected chi connectivity index (χ2v) is 10.1. The molecule has 3 aromatic rings. The fraction of sp³-hybridized carbons (Fsp3) is 0.261. The van der Waals surface area contributed by atoms with Crippen LogP contribution in [0, 0.1) is 0 Å². The maximum Gasteiger partial charge on any atom is 0.261 e. The Bertz CT molecular complexity index is 1110. The van der Waals surface area contributed by atoms with Crippen LogP contribution in [0.25, 0.3) is 0 Å². The molecule has 162 valence electrons. The van der Waals surface area contributed by atoms with Crippen molar-refractivity contribution in [3.05, 3.63) is 78.6 Å². The number of nitrogens with zero attached hydrogens (tertiary/aromatic N) is 1. The molecule has 6 nitrogen and oxygen atoms in total. The monoisotopic (exact) mass is 456 g/mol. The Kier molecular flexibility index (Phi) is 6.62. The summed E-state index contributed by atoms with van der Waals surface area (Å²) in [6, 6.07) is 18.5. The van der Waals surface area contributed by atoms with E-state index in [-0.39, 0.29) is 10.5 Å². The largest absolute Gasteiger partial charge is 0.381 e. The normalized spacial score (nSPS) is 16.0. The molecule has 2 aromatic carbocycles. The van der Waals surface area contributed by atoms with Gasteiger partial charge in [-0.15, -0.1) is 0 Å². The molecule has 0 radical (unpaired) electrons. The molecule has 0 spiro atoms. The van der Waals surface area contributed by atoms with Gasteiger partial charge in [0.2, 0.25) is 0 Å². The summed E-state index contributed by atoms with van der Waals surface area (Å²) < 4.78 is 39.1. The van der Waals surface area contributed by atoms with E-state index in [1.807, 2.05) is 24.3 Å². The number of methoxy groups -OCH3 is 1. The number of benzene rings is 2. The first-order chi connectivity index (χ1) is 15.0. The zero-order chi connectivity index (χ0) is 21.7. The van der Waals surface area contributed by atoms with Gasteiger partial charge in [0.25, 0.3) is 10.0 Å². The molecular weight excluding hydrogens is 432 g/mol. The minimum Gasteiger partial charge on any atom is -0.381 e. The molecule has 4 rings (SSSR count). The van der Waals surface area contributed by atoms with Gasteiger partial charge in [-0.25, -0.2) is 8.42 Å². The Morgan fingerprint density at radius 2 is 1.81 bits per heavy atom. The molecule has 0 atom stereocenters. The summed E-state index contributed by atoms with van der Waals surface area (Å²) in [6.07, 6.45) is 4.72. The van der Waals surface area contributed by atoms with Crippen LogP contribution in [0.5, 0.6) is 0 Å². The molecule has 1 aromatic heterocycles.